The van der Waals surface area contributed by atoms with Gasteiger partial charge in [-0.3, -0.25) is 4.79 Å². The van der Waals surface area contributed by atoms with E-state index in [0.717, 1.165) is 18.6 Å². The van der Waals surface area contributed by atoms with Crippen LogP contribution in [0.15, 0.2) is 30.3 Å². The fourth-order valence-corrected chi connectivity index (χ4v) is 2.16. The number of hydrogen-bond donors (Lipinski definition) is 1. The zero-order valence-corrected chi connectivity index (χ0v) is 10.8. The van der Waals surface area contributed by atoms with Crippen molar-refractivity contribution in [2.45, 2.75) is 12.8 Å². The zero-order chi connectivity index (χ0) is 13.5. The molecule has 1 N–H and O–H groups in total. The number of nitriles is 1. The normalized spacial score (nSPS) is 19.6. The van der Waals surface area contributed by atoms with Crippen molar-refractivity contribution in [3.63, 3.8) is 0 Å². The average molecular weight is 258 g/mol. The first-order valence-corrected chi connectivity index (χ1v) is 6.58. The van der Waals surface area contributed by atoms with Gasteiger partial charge in [-0.05, 0) is 18.4 Å². The first-order valence-electron chi connectivity index (χ1n) is 6.58. The van der Waals surface area contributed by atoms with E-state index in [-0.39, 0.29) is 5.91 Å². The van der Waals surface area contributed by atoms with E-state index in [0.29, 0.717) is 25.5 Å². The summed E-state index contributed by atoms with van der Waals surface area (Å²) in [5.41, 5.74) is 1.01. The van der Waals surface area contributed by atoms with Gasteiger partial charge >= 0.3 is 0 Å². The van der Waals surface area contributed by atoms with E-state index in [9.17, 15) is 4.79 Å². The predicted molar refractivity (Wildman–Crippen MR) is 71.2 cm³/mol. The summed E-state index contributed by atoms with van der Waals surface area (Å²) in [6.07, 6.45) is 1.44. The molecule has 0 aromatic heterocycles. The van der Waals surface area contributed by atoms with E-state index in [2.05, 4.69) is 11.4 Å². The summed E-state index contributed by atoms with van der Waals surface area (Å²) in [6, 6.07) is 11.7. The molecule has 1 heterocycles. The fourth-order valence-electron chi connectivity index (χ4n) is 2.16. The monoisotopic (exact) mass is 258 g/mol. The quantitative estimate of drug-likeness (QED) is 0.871. The zero-order valence-electron chi connectivity index (χ0n) is 10.8. The lowest BCUT2D eigenvalue weighted by atomic mass is 9.99. The Morgan fingerprint density at radius 1 is 1.47 bits per heavy atom. The van der Waals surface area contributed by atoms with Gasteiger partial charge in [-0.2, -0.15) is 5.26 Å². The Balaban J connectivity index is 1.83. The maximum Gasteiger partial charge on any atom is 0.237 e. The highest BCUT2D eigenvalue weighted by atomic mass is 16.5. The van der Waals surface area contributed by atoms with Crippen LogP contribution in [0.3, 0.4) is 0 Å². The molecule has 0 aliphatic carbocycles. The minimum absolute atomic E-state index is 0.182. The van der Waals surface area contributed by atoms with Crippen LogP contribution in [0.2, 0.25) is 0 Å². The summed E-state index contributed by atoms with van der Waals surface area (Å²) < 4.78 is 5.26. The molecule has 2 rings (SSSR count). The fraction of sp³-hybridized carbons (Fsp3) is 0.467. The van der Waals surface area contributed by atoms with E-state index >= 15 is 0 Å². The molecule has 0 bridgehead atoms. The minimum atomic E-state index is -0.621. The Bertz CT molecular complexity index is 447. The number of amides is 1. The van der Waals surface area contributed by atoms with Crippen LogP contribution >= 0.6 is 0 Å². The lowest BCUT2D eigenvalue weighted by Gasteiger charge is -2.12. The van der Waals surface area contributed by atoms with E-state index in [1.54, 1.807) is 0 Å². The molecular weight excluding hydrogens is 240 g/mol. The third-order valence-corrected chi connectivity index (χ3v) is 3.34. The number of carbonyl (C=O) groups excluding carboxylic acids is 1. The second-order valence-corrected chi connectivity index (χ2v) is 4.85. The van der Waals surface area contributed by atoms with Crippen LogP contribution in [-0.2, 0) is 16.0 Å². The molecule has 4 heteroatoms. The molecule has 2 atom stereocenters. The molecule has 1 fully saturated rings. The topological polar surface area (TPSA) is 62.1 Å². The molecule has 100 valence electrons. The van der Waals surface area contributed by atoms with Gasteiger partial charge in [0.1, 0.15) is 5.92 Å². The second kappa shape index (κ2) is 6.91. The molecule has 1 aromatic rings. The summed E-state index contributed by atoms with van der Waals surface area (Å²) in [7, 11) is 0. The largest absolute Gasteiger partial charge is 0.381 e. The van der Waals surface area contributed by atoms with E-state index in [1.807, 2.05) is 30.3 Å². The van der Waals surface area contributed by atoms with Crippen molar-refractivity contribution < 1.29 is 9.53 Å². The molecule has 2 unspecified atom stereocenters. The SMILES string of the molecule is N#CC(Cc1ccccc1)C(=O)NCC1CCOC1. The maximum atomic E-state index is 12.0. The van der Waals surface area contributed by atoms with E-state index in [1.165, 1.54) is 0 Å². The molecule has 1 amide bonds. The summed E-state index contributed by atoms with van der Waals surface area (Å²) in [5, 5.41) is 12.0. The number of carbonyl (C=O) groups is 1. The van der Waals surface area contributed by atoms with Crippen LogP contribution in [0.5, 0.6) is 0 Å². The molecule has 4 nitrogen and oxygen atoms in total. The third kappa shape index (κ3) is 4.08. The summed E-state index contributed by atoms with van der Waals surface area (Å²) in [5.74, 6) is -0.414. The highest BCUT2D eigenvalue weighted by molar-refractivity contribution is 5.81. The van der Waals surface area contributed by atoms with Gasteiger partial charge in [0.05, 0.1) is 12.7 Å². The number of rotatable bonds is 5. The van der Waals surface area contributed by atoms with Crippen molar-refractivity contribution in [2.24, 2.45) is 11.8 Å². The van der Waals surface area contributed by atoms with Gasteiger partial charge in [0.15, 0.2) is 0 Å². The highest BCUT2D eigenvalue weighted by Crippen LogP contribution is 2.12. The molecule has 1 aliphatic heterocycles. The van der Waals surface area contributed by atoms with Gasteiger partial charge in [0.25, 0.3) is 0 Å². The average Bonchev–Trinajstić information content (AvgIpc) is 2.96. The Labute approximate surface area is 113 Å². The summed E-state index contributed by atoms with van der Waals surface area (Å²) >= 11 is 0. The standard InChI is InChI=1S/C15H18N2O2/c16-9-14(8-12-4-2-1-3-5-12)15(18)17-10-13-6-7-19-11-13/h1-5,13-14H,6-8,10-11H2,(H,17,18). The van der Waals surface area contributed by atoms with Crippen molar-refractivity contribution >= 4 is 5.91 Å². The first kappa shape index (κ1) is 13.6. The van der Waals surface area contributed by atoms with Gasteiger partial charge in [-0.15, -0.1) is 0 Å². The van der Waals surface area contributed by atoms with Gasteiger partial charge < -0.3 is 10.1 Å². The van der Waals surface area contributed by atoms with Gasteiger partial charge in [-0.25, -0.2) is 0 Å². The van der Waals surface area contributed by atoms with Gasteiger partial charge in [0, 0.05) is 19.1 Å². The first-order chi connectivity index (χ1) is 9.29. The Kier molecular flexibility index (Phi) is 4.93. The number of nitrogens with zero attached hydrogens (tertiary/aromatic N) is 1. The molecule has 19 heavy (non-hydrogen) atoms. The number of ether oxygens (including phenoxy) is 1. The van der Waals surface area contributed by atoms with E-state index < -0.39 is 5.92 Å². The number of hydrogen-bond acceptors (Lipinski definition) is 3. The molecule has 1 saturated heterocycles. The molecule has 1 aromatic carbocycles. The van der Waals surface area contributed by atoms with Crippen LogP contribution in [-0.4, -0.2) is 25.7 Å². The lowest BCUT2D eigenvalue weighted by molar-refractivity contribution is -0.123. The smallest absolute Gasteiger partial charge is 0.237 e. The van der Waals surface area contributed by atoms with Gasteiger partial charge in [-0.1, -0.05) is 30.3 Å². The van der Waals surface area contributed by atoms with Crippen LogP contribution in [0, 0.1) is 23.2 Å². The number of benzene rings is 1. The second-order valence-electron chi connectivity index (χ2n) is 4.85. The Hall–Kier alpha value is -1.86. The molecule has 0 spiro atoms. The molecule has 0 saturated carbocycles. The minimum Gasteiger partial charge on any atom is -0.381 e. The summed E-state index contributed by atoms with van der Waals surface area (Å²) in [4.78, 5) is 12.0. The van der Waals surface area contributed by atoms with Crippen LogP contribution in [0.25, 0.3) is 0 Å². The van der Waals surface area contributed by atoms with Crippen molar-refractivity contribution in [1.29, 1.82) is 5.26 Å². The molecular formula is C15H18N2O2. The van der Waals surface area contributed by atoms with Crippen molar-refractivity contribution in [3.05, 3.63) is 35.9 Å². The van der Waals surface area contributed by atoms with Crippen molar-refractivity contribution in [3.8, 4) is 6.07 Å². The van der Waals surface area contributed by atoms with Crippen molar-refractivity contribution in [2.75, 3.05) is 19.8 Å². The molecule has 0 radical (unpaired) electrons. The highest BCUT2D eigenvalue weighted by Gasteiger charge is 2.21. The predicted octanol–water partition coefficient (Wildman–Crippen LogP) is 1.52. The lowest BCUT2D eigenvalue weighted by Crippen LogP contribution is -2.35. The molecule has 1 aliphatic rings. The Morgan fingerprint density at radius 2 is 2.26 bits per heavy atom. The van der Waals surface area contributed by atoms with Crippen LogP contribution in [0.4, 0.5) is 0 Å². The van der Waals surface area contributed by atoms with Crippen LogP contribution in [0.1, 0.15) is 12.0 Å². The van der Waals surface area contributed by atoms with Gasteiger partial charge in [0.2, 0.25) is 5.91 Å². The van der Waals surface area contributed by atoms with Crippen molar-refractivity contribution in [1.82, 2.24) is 5.32 Å². The number of nitrogens with one attached hydrogen (secondary N) is 1. The Morgan fingerprint density at radius 3 is 2.89 bits per heavy atom. The maximum absolute atomic E-state index is 12.0. The third-order valence-electron chi connectivity index (χ3n) is 3.34. The summed E-state index contributed by atoms with van der Waals surface area (Å²) in [6.45, 7) is 2.08. The van der Waals surface area contributed by atoms with E-state index in [4.69, 9.17) is 10.00 Å². The van der Waals surface area contributed by atoms with Crippen LogP contribution < -0.4 is 5.32 Å².